The van der Waals surface area contributed by atoms with E-state index < -0.39 is 4.83 Å². The predicted molar refractivity (Wildman–Crippen MR) is 50.7 cm³/mol. The fourth-order valence-electron chi connectivity index (χ4n) is 0.779. The first kappa shape index (κ1) is 11.8. The molecule has 0 bridgehead atoms. The summed E-state index contributed by atoms with van der Waals surface area (Å²) in [4.78, 5) is -2.79. The topological polar surface area (TPSA) is 0 Å². The Kier molecular flexibility index (Phi) is 5.87. The molecule has 1 unspecified atom stereocenters. The number of halogens is 4. The van der Waals surface area contributed by atoms with Gasteiger partial charge in [0.25, 0.3) is 0 Å². The van der Waals surface area contributed by atoms with E-state index >= 15 is 0 Å². The first-order chi connectivity index (χ1) is 4.95. The van der Waals surface area contributed by atoms with Gasteiger partial charge in [-0.05, 0) is 22.4 Å². The molecule has 0 fully saturated rings. The largest absolute Gasteiger partial charge is 0.302 e. The van der Waals surface area contributed by atoms with Gasteiger partial charge in [0.15, 0.2) is 0 Å². The van der Waals surface area contributed by atoms with E-state index in [1.807, 2.05) is 6.92 Å². The maximum atomic E-state index is 12.3. The summed E-state index contributed by atoms with van der Waals surface area (Å²) < 4.78 is 24.6. The second-order valence-electron chi connectivity index (χ2n) is 2.56. The highest BCUT2D eigenvalue weighted by Gasteiger charge is 2.27. The minimum absolute atomic E-state index is 0.0724. The quantitative estimate of drug-likeness (QED) is 0.662. The zero-order valence-corrected chi connectivity index (χ0v) is 9.59. The van der Waals surface area contributed by atoms with Crippen molar-refractivity contribution in [2.24, 2.45) is 0 Å². The van der Waals surface area contributed by atoms with Crippen LogP contribution in [0.5, 0.6) is 0 Å². The summed E-state index contributed by atoms with van der Waals surface area (Å²) >= 11 is 5.51. The van der Waals surface area contributed by atoms with Crippen LogP contribution in [-0.2, 0) is 0 Å². The SMILES string of the molecule is CCCCC(Br)CC(F)(F)Br. The summed E-state index contributed by atoms with van der Waals surface area (Å²) in [5.41, 5.74) is 0. The van der Waals surface area contributed by atoms with Gasteiger partial charge < -0.3 is 0 Å². The summed E-state index contributed by atoms with van der Waals surface area (Å²) in [6, 6.07) is 0. The van der Waals surface area contributed by atoms with Crippen molar-refractivity contribution in [3.63, 3.8) is 0 Å². The molecule has 0 radical (unpaired) electrons. The Morgan fingerprint density at radius 3 is 2.36 bits per heavy atom. The van der Waals surface area contributed by atoms with E-state index in [4.69, 9.17) is 0 Å². The van der Waals surface area contributed by atoms with Crippen molar-refractivity contribution in [2.45, 2.75) is 42.3 Å². The van der Waals surface area contributed by atoms with E-state index in [0.717, 1.165) is 19.3 Å². The molecule has 0 saturated carbocycles. The average Bonchev–Trinajstić information content (AvgIpc) is 1.79. The summed E-state index contributed by atoms with van der Waals surface area (Å²) in [6.07, 6.45) is 2.74. The Balaban J connectivity index is 3.44. The maximum Gasteiger partial charge on any atom is 0.302 e. The molecule has 1 atom stereocenters. The third-order valence-corrected chi connectivity index (χ3v) is 2.43. The van der Waals surface area contributed by atoms with Crippen LogP contribution in [0.3, 0.4) is 0 Å². The molecule has 0 aliphatic heterocycles. The minimum atomic E-state index is -2.71. The number of hydrogen-bond donors (Lipinski definition) is 0. The zero-order chi connectivity index (χ0) is 8.91. The van der Waals surface area contributed by atoms with E-state index in [0.29, 0.717) is 0 Å². The normalized spacial score (nSPS) is 15.0. The summed E-state index contributed by atoms with van der Waals surface area (Å²) in [5, 5.41) is 0. The zero-order valence-electron chi connectivity index (χ0n) is 6.42. The predicted octanol–water partition coefficient (Wildman–Crippen LogP) is 4.32. The Labute approximate surface area is 83.0 Å². The van der Waals surface area contributed by atoms with Crippen molar-refractivity contribution in [1.29, 1.82) is 0 Å². The fraction of sp³-hybridized carbons (Fsp3) is 1.00. The van der Waals surface area contributed by atoms with Crippen LogP contribution in [0.1, 0.15) is 32.6 Å². The molecule has 0 rings (SSSR count). The molecule has 68 valence electrons. The highest BCUT2D eigenvalue weighted by molar-refractivity contribution is 9.10. The number of unbranched alkanes of at least 4 members (excludes halogenated alkanes) is 1. The van der Waals surface area contributed by atoms with Crippen LogP contribution in [0, 0.1) is 0 Å². The smallest absolute Gasteiger partial charge is 0.194 e. The van der Waals surface area contributed by atoms with Gasteiger partial charge in [0.1, 0.15) is 0 Å². The molecule has 0 aromatic carbocycles. The highest BCUT2D eigenvalue weighted by atomic mass is 79.9. The fourth-order valence-corrected chi connectivity index (χ4v) is 2.33. The van der Waals surface area contributed by atoms with Gasteiger partial charge in [0.05, 0.1) is 0 Å². The second kappa shape index (κ2) is 5.46. The molecular weight excluding hydrogens is 282 g/mol. The molecule has 0 aliphatic carbocycles. The highest BCUT2D eigenvalue weighted by Crippen LogP contribution is 2.31. The van der Waals surface area contributed by atoms with Crippen molar-refractivity contribution < 1.29 is 8.78 Å². The molecule has 0 aromatic heterocycles. The Hall–Kier alpha value is 0.820. The summed E-state index contributed by atoms with van der Waals surface area (Å²) in [7, 11) is 0. The molecular formula is C7H12Br2F2. The first-order valence-electron chi connectivity index (χ1n) is 3.66. The van der Waals surface area contributed by atoms with Gasteiger partial charge in [0, 0.05) is 11.2 Å². The van der Waals surface area contributed by atoms with Crippen molar-refractivity contribution >= 4 is 31.9 Å². The standard InChI is InChI=1S/C7H12Br2F2/c1-2-3-4-6(8)5-7(9,10)11/h6H,2-5H2,1H3. The molecule has 0 spiro atoms. The lowest BCUT2D eigenvalue weighted by Crippen LogP contribution is -2.12. The lowest BCUT2D eigenvalue weighted by Gasteiger charge is -2.12. The molecule has 0 aromatic rings. The minimum Gasteiger partial charge on any atom is -0.194 e. The molecule has 0 aliphatic rings. The molecule has 0 N–H and O–H groups in total. The van der Waals surface area contributed by atoms with E-state index in [1.54, 1.807) is 0 Å². The van der Waals surface area contributed by atoms with Crippen molar-refractivity contribution in [1.82, 2.24) is 0 Å². The Morgan fingerprint density at radius 1 is 1.45 bits per heavy atom. The molecule has 0 amide bonds. The monoisotopic (exact) mass is 292 g/mol. The molecule has 0 saturated heterocycles. The third-order valence-electron chi connectivity index (χ3n) is 1.32. The van der Waals surface area contributed by atoms with Crippen LogP contribution < -0.4 is 0 Å². The lowest BCUT2D eigenvalue weighted by atomic mass is 10.2. The Bertz CT molecular complexity index is 101. The number of rotatable bonds is 5. The van der Waals surface area contributed by atoms with E-state index in [9.17, 15) is 8.78 Å². The summed E-state index contributed by atoms with van der Waals surface area (Å²) in [5.74, 6) is 0. The first-order valence-corrected chi connectivity index (χ1v) is 5.37. The van der Waals surface area contributed by atoms with Gasteiger partial charge in [-0.1, -0.05) is 35.7 Å². The molecule has 0 heterocycles. The maximum absolute atomic E-state index is 12.3. The number of hydrogen-bond acceptors (Lipinski definition) is 0. The number of alkyl halides is 4. The van der Waals surface area contributed by atoms with E-state index in [-0.39, 0.29) is 11.2 Å². The summed E-state index contributed by atoms with van der Waals surface area (Å²) in [6.45, 7) is 2.05. The van der Waals surface area contributed by atoms with Crippen LogP contribution in [0.15, 0.2) is 0 Å². The van der Waals surface area contributed by atoms with Gasteiger partial charge in [-0.25, -0.2) is 0 Å². The average molecular weight is 294 g/mol. The van der Waals surface area contributed by atoms with Gasteiger partial charge in [-0.3, -0.25) is 0 Å². The Morgan fingerprint density at radius 2 is 2.00 bits per heavy atom. The third kappa shape index (κ3) is 8.73. The second-order valence-corrected chi connectivity index (χ2v) is 5.01. The van der Waals surface area contributed by atoms with Gasteiger partial charge in [-0.2, -0.15) is 8.78 Å². The van der Waals surface area contributed by atoms with E-state index in [2.05, 4.69) is 31.9 Å². The van der Waals surface area contributed by atoms with Crippen LogP contribution in [0.25, 0.3) is 0 Å². The van der Waals surface area contributed by atoms with Crippen LogP contribution in [0.2, 0.25) is 0 Å². The van der Waals surface area contributed by atoms with Crippen LogP contribution in [-0.4, -0.2) is 9.66 Å². The van der Waals surface area contributed by atoms with Crippen LogP contribution >= 0.6 is 31.9 Å². The van der Waals surface area contributed by atoms with E-state index in [1.165, 1.54) is 0 Å². The molecule has 11 heavy (non-hydrogen) atoms. The van der Waals surface area contributed by atoms with Crippen LogP contribution in [0.4, 0.5) is 8.78 Å². The van der Waals surface area contributed by atoms with Crippen molar-refractivity contribution in [3.05, 3.63) is 0 Å². The van der Waals surface area contributed by atoms with Gasteiger partial charge in [-0.15, -0.1) is 0 Å². The van der Waals surface area contributed by atoms with Gasteiger partial charge >= 0.3 is 4.83 Å². The molecule has 0 nitrogen and oxygen atoms in total. The van der Waals surface area contributed by atoms with Crippen molar-refractivity contribution in [2.75, 3.05) is 0 Å². The molecule has 4 heteroatoms. The van der Waals surface area contributed by atoms with Gasteiger partial charge in [0.2, 0.25) is 0 Å². The lowest BCUT2D eigenvalue weighted by molar-refractivity contribution is 0.103. The van der Waals surface area contributed by atoms with Crippen molar-refractivity contribution in [3.8, 4) is 0 Å².